The number of hydrogen-bond acceptors (Lipinski definition) is 4. The summed E-state index contributed by atoms with van der Waals surface area (Å²) < 4.78 is 1.84. The molecule has 3 rings (SSSR count). The van der Waals surface area contributed by atoms with Crippen molar-refractivity contribution in [3.8, 4) is 5.69 Å². The molecule has 0 radical (unpaired) electrons. The van der Waals surface area contributed by atoms with Gasteiger partial charge in [-0.25, -0.2) is 14.7 Å². The minimum atomic E-state index is 0.618. The van der Waals surface area contributed by atoms with Crippen LogP contribution in [0.25, 0.3) is 5.69 Å². The second-order valence-corrected chi connectivity index (χ2v) is 6.94. The van der Waals surface area contributed by atoms with E-state index in [0.717, 1.165) is 35.2 Å². The maximum Gasteiger partial charge on any atom is 0.191 e. The van der Waals surface area contributed by atoms with Gasteiger partial charge in [-0.05, 0) is 37.1 Å². The van der Waals surface area contributed by atoms with E-state index in [1.165, 1.54) is 4.88 Å². The third kappa shape index (κ3) is 4.92. The summed E-state index contributed by atoms with van der Waals surface area (Å²) in [6, 6.07) is 10.2. The Morgan fingerprint density at radius 1 is 1.19 bits per heavy atom. The number of benzene rings is 1. The summed E-state index contributed by atoms with van der Waals surface area (Å²) in [6.07, 6.45) is 6.69. The lowest BCUT2D eigenvalue weighted by Gasteiger charge is -2.10. The van der Waals surface area contributed by atoms with Gasteiger partial charge in [0.25, 0.3) is 0 Å². The molecule has 0 spiro atoms. The fourth-order valence-corrected chi connectivity index (χ4v) is 3.24. The van der Waals surface area contributed by atoms with E-state index in [-0.39, 0.29) is 0 Å². The molecule has 0 unspecified atom stereocenters. The summed E-state index contributed by atoms with van der Waals surface area (Å²) in [4.78, 5) is 10.4. The number of guanidine groups is 1. The summed E-state index contributed by atoms with van der Waals surface area (Å²) in [6.45, 7) is 6.34. The highest BCUT2D eigenvalue weighted by molar-refractivity contribution is 7.11. The maximum atomic E-state index is 4.67. The topological polar surface area (TPSA) is 67.1 Å². The van der Waals surface area contributed by atoms with Crippen LogP contribution in [0.1, 0.15) is 29.3 Å². The van der Waals surface area contributed by atoms with E-state index in [9.17, 15) is 0 Å². The van der Waals surface area contributed by atoms with E-state index in [2.05, 4.69) is 63.8 Å². The Morgan fingerprint density at radius 2 is 2.04 bits per heavy atom. The fourth-order valence-electron chi connectivity index (χ4n) is 2.44. The molecule has 0 amide bonds. The number of aryl methyl sites for hydroxylation is 1. The van der Waals surface area contributed by atoms with E-state index in [4.69, 9.17) is 0 Å². The van der Waals surface area contributed by atoms with Crippen molar-refractivity contribution in [2.75, 3.05) is 6.54 Å². The van der Waals surface area contributed by atoms with Crippen molar-refractivity contribution in [3.05, 3.63) is 64.4 Å². The standard InChI is InChI=1S/C19H24N6S/c1-3-17-13-21-18(26-17)14-23-19(20-4-2)22-12-15-6-8-16(9-7-15)25-11-5-10-24-25/h5-11,13H,3-4,12,14H2,1-2H3,(H2,20,22,23). The number of nitrogens with one attached hydrogen (secondary N) is 2. The second kappa shape index (κ2) is 9.15. The zero-order valence-corrected chi connectivity index (χ0v) is 16.0. The smallest absolute Gasteiger partial charge is 0.191 e. The Bertz CT molecular complexity index is 820. The number of thiazole rings is 1. The van der Waals surface area contributed by atoms with Crippen molar-refractivity contribution in [1.82, 2.24) is 25.4 Å². The van der Waals surface area contributed by atoms with Gasteiger partial charge in [-0.1, -0.05) is 19.1 Å². The predicted octanol–water partition coefficient (Wildman–Crippen LogP) is 3.15. The van der Waals surface area contributed by atoms with Crippen LogP contribution in [0.4, 0.5) is 0 Å². The second-order valence-electron chi connectivity index (χ2n) is 5.74. The molecule has 0 saturated carbocycles. The first-order chi connectivity index (χ1) is 12.8. The first kappa shape index (κ1) is 18.1. The van der Waals surface area contributed by atoms with Gasteiger partial charge in [0, 0.05) is 30.0 Å². The molecular weight excluding hydrogens is 344 g/mol. The van der Waals surface area contributed by atoms with Crippen LogP contribution < -0.4 is 10.6 Å². The van der Waals surface area contributed by atoms with Crippen LogP contribution >= 0.6 is 11.3 Å². The zero-order valence-electron chi connectivity index (χ0n) is 15.1. The molecule has 0 aliphatic heterocycles. The van der Waals surface area contributed by atoms with E-state index in [1.54, 1.807) is 17.5 Å². The number of hydrogen-bond donors (Lipinski definition) is 2. The van der Waals surface area contributed by atoms with Crippen molar-refractivity contribution in [2.45, 2.75) is 33.4 Å². The minimum Gasteiger partial charge on any atom is -0.357 e. The molecule has 0 fully saturated rings. The molecule has 26 heavy (non-hydrogen) atoms. The van der Waals surface area contributed by atoms with Gasteiger partial charge in [0.2, 0.25) is 0 Å². The molecular formula is C19H24N6S. The maximum absolute atomic E-state index is 4.67. The van der Waals surface area contributed by atoms with Crippen LogP contribution in [-0.4, -0.2) is 27.3 Å². The quantitative estimate of drug-likeness (QED) is 0.497. The SMILES string of the molecule is CCNC(=NCc1ccc(-n2cccn2)cc1)NCc1ncc(CC)s1. The molecule has 2 aromatic heterocycles. The molecule has 2 N–H and O–H groups in total. The Labute approximate surface area is 158 Å². The molecule has 3 aromatic rings. The van der Waals surface area contributed by atoms with Crippen LogP contribution in [-0.2, 0) is 19.5 Å². The van der Waals surface area contributed by atoms with Gasteiger partial charge in [-0.15, -0.1) is 11.3 Å². The van der Waals surface area contributed by atoms with Crippen LogP contribution in [0.3, 0.4) is 0 Å². The van der Waals surface area contributed by atoms with Crippen molar-refractivity contribution in [2.24, 2.45) is 4.99 Å². The largest absolute Gasteiger partial charge is 0.357 e. The molecule has 0 aliphatic rings. The van der Waals surface area contributed by atoms with Gasteiger partial charge in [0.15, 0.2) is 5.96 Å². The van der Waals surface area contributed by atoms with Crippen LogP contribution in [0.5, 0.6) is 0 Å². The molecule has 1 aromatic carbocycles. The molecule has 0 aliphatic carbocycles. The molecule has 0 saturated heterocycles. The molecule has 0 atom stereocenters. The van der Waals surface area contributed by atoms with E-state index in [1.807, 2.05) is 23.1 Å². The monoisotopic (exact) mass is 368 g/mol. The third-order valence-corrected chi connectivity index (χ3v) is 4.97. The number of aromatic nitrogens is 3. The summed E-state index contributed by atoms with van der Waals surface area (Å²) in [7, 11) is 0. The molecule has 7 heteroatoms. The molecule has 136 valence electrons. The van der Waals surface area contributed by atoms with Crippen molar-refractivity contribution < 1.29 is 0 Å². The minimum absolute atomic E-state index is 0.618. The number of rotatable bonds is 7. The van der Waals surface area contributed by atoms with Gasteiger partial charge >= 0.3 is 0 Å². The predicted molar refractivity (Wildman–Crippen MR) is 107 cm³/mol. The van der Waals surface area contributed by atoms with Crippen molar-refractivity contribution in [1.29, 1.82) is 0 Å². The Kier molecular flexibility index (Phi) is 6.38. The summed E-state index contributed by atoms with van der Waals surface area (Å²) in [5, 5.41) is 11.9. The van der Waals surface area contributed by atoms with Crippen LogP contribution in [0, 0.1) is 0 Å². The van der Waals surface area contributed by atoms with Gasteiger partial charge in [0.05, 0.1) is 18.8 Å². The number of nitrogens with zero attached hydrogens (tertiary/aromatic N) is 4. The Balaban J connectivity index is 1.59. The summed E-state index contributed by atoms with van der Waals surface area (Å²) in [5.74, 6) is 0.803. The molecule has 6 nitrogen and oxygen atoms in total. The van der Waals surface area contributed by atoms with Gasteiger partial charge < -0.3 is 10.6 Å². The van der Waals surface area contributed by atoms with E-state index >= 15 is 0 Å². The normalized spacial score (nSPS) is 11.5. The third-order valence-electron chi connectivity index (χ3n) is 3.83. The lowest BCUT2D eigenvalue weighted by molar-refractivity contribution is 0.811. The average molecular weight is 369 g/mol. The summed E-state index contributed by atoms with van der Waals surface area (Å²) >= 11 is 1.74. The summed E-state index contributed by atoms with van der Waals surface area (Å²) in [5.41, 5.74) is 2.20. The zero-order chi connectivity index (χ0) is 18.2. The van der Waals surface area contributed by atoms with Crippen molar-refractivity contribution in [3.63, 3.8) is 0 Å². The highest BCUT2D eigenvalue weighted by Gasteiger charge is 2.03. The highest BCUT2D eigenvalue weighted by atomic mass is 32.1. The fraction of sp³-hybridized carbons (Fsp3) is 0.316. The van der Waals surface area contributed by atoms with E-state index < -0.39 is 0 Å². The lowest BCUT2D eigenvalue weighted by atomic mass is 10.2. The van der Waals surface area contributed by atoms with Gasteiger partial charge in [0.1, 0.15) is 5.01 Å². The van der Waals surface area contributed by atoms with E-state index in [0.29, 0.717) is 13.1 Å². The highest BCUT2D eigenvalue weighted by Crippen LogP contribution is 2.13. The first-order valence-corrected chi connectivity index (χ1v) is 9.65. The Morgan fingerprint density at radius 3 is 2.69 bits per heavy atom. The van der Waals surface area contributed by atoms with Gasteiger partial charge in [-0.2, -0.15) is 5.10 Å². The first-order valence-electron chi connectivity index (χ1n) is 8.83. The van der Waals surface area contributed by atoms with Gasteiger partial charge in [-0.3, -0.25) is 0 Å². The molecule has 2 heterocycles. The van der Waals surface area contributed by atoms with Crippen molar-refractivity contribution >= 4 is 17.3 Å². The Hall–Kier alpha value is -2.67. The molecule has 0 bridgehead atoms. The van der Waals surface area contributed by atoms with Crippen LogP contribution in [0.2, 0.25) is 0 Å². The van der Waals surface area contributed by atoms with Crippen LogP contribution in [0.15, 0.2) is 53.9 Å². The average Bonchev–Trinajstić information content (AvgIpc) is 3.36. The number of aliphatic imine (C=N–C) groups is 1. The lowest BCUT2D eigenvalue weighted by Crippen LogP contribution is -2.36.